The fraction of sp³-hybridized carbons (Fsp3) is 0.250. The van der Waals surface area contributed by atoms with Gasteiger partial charge in [-0.2, -0.15) is 0 Å². The zero-order valence-electron chi connectivity index (χ0n) is 11.8. The van der Waals surface area contributed by atoms with Gasteiger partial charge in [0.25, 0.3) is 0 Å². The molecule has 112 valence electrons. The van der Waals surface area contributed by atoms with Crippen LogP contribution >= 0.6 is 22.9 Å². The summed E-state index contributed by atoms with van der Waals surface area (Å²) in [5, 5.41) is 2.49. The van der Waals surface area contributed by atoms with Crippen molar-refractivity contribution in [3.63, 3.8) is 0 Å². The van der Waals surface area contributed by atoms with Crippen LogP contribution in [-0.4, -0.2) is 21.4 Å². The molecule has 0 saturated heterocycles. The van der Waals surface area contributed by atoms with Crippen LogP contribution in [0.5, 0.6) is 0 Å². The average Bonchev–Trinajstić information content (AvgIpc) is 3.19. The van der Waals surface area contributed by atoms with Gasteiger partial charge < -0.3 is 4.42 Å². The Balaban J connectivity index is 1.52. The van der Waals surface area contributed by atoms with E-state index in [4.69, 9.17) is 21.0 Å². The van der Waals surface area contributed by atoms with Crippen LogP contribution in [0, 0.1) is 0 Å². The van der Waals surface area contributed by atoms with Crippen molar-refractivity contribution in [1.82, 2.24) is 14.9 Å². The van der Waals surface area contributed by atoms with Gasteiger partial charge in [-0.25, -0.2) is 9.97 Å². The second-order valence-electron chi connectivity index (χ2n) is 5.31. The largest absolute Gasteiger partial charge is 0.448 e. The van der Waals surface area contributed by atoms with Gasteiger partial charge in [0.1, 0.15) is 5.76 Å². The van der Waals surface area contributed by atoms with Crippen molar-refractivity contribution < 1.29 is 4.42 Å². The summed E-state index contributed by atoms with van der Waals surface area (Å²) >= 11 is 7.49. The molecule has 0 radical (unpaired) electrons. The van der Waals surface area contributed by atoms with Crippen LogP contribution in [0.2, 0.25) is 5.22 Å². The van der Waals surface area contributed by atoms with Crippen LogP contribution < -0.4 is 0 Å². The Morgan fingerprint density at radius 2 is 2.27 bits per heavy atom. The molecule has 1 aliphatic heterocycles. The number of hydrogen-bond donors (Lipinski definition) is 0. The number of rotatable bonds is 3. The summed E-state index contributed by atoms with van der Waals surface area (Å²) in [6.45, 7) is 2.57. The molecule has 0 bridgehead atoms. The Morgan fingerprint density at radius 3 is 3.05 bits per heavy atom. The molecule has 0 saturated carbocycles. The van der Waals surface area contributed by atoms with Gasteiger partial charge >= 0.3 is 0 Å². The van der Waals surface area contributed by atoms with E-state index in [9.17, 15) is 0 Å². The van der Waals surface area contributed by atoms with Gasteiger partial charge in [0.15, 0.2) is 11.0 Å². The fourth-order valence-corrected chi connectivity index (χ4v) is 3.52. The molecular formula is C16H14ClN3OS. The highest BCUT2D eigenvalue weighted by Crippen LogP contribution is 2.25. The molecule has 4 nitrogen and oxygen atoms in total. The van der Waals surface area contributed by atoms with Crippen LogP contribution in [0.15, 0.2) is 40.3 Å². The van der Waals surface area contributed by atoms with Gasteiger partial charge in [-0.15, -0.1) is 11.3 Å². The lowest BCUT2D eigenvalue weighted by Crippen LogP contribution is -2.30. The molecule has 1 aliphatic rings. The van der Waals surface area contributed by atoms with E-state index in [2.05, 4.69) is 16.0 Å². The molecule has 0 aromatic carbocycles. The Morgan fingerprint density at radius 1 is 1.32 bits per heavy atom. The topological polar surface area (TPSA) is 42.2 Å². The Kier molecular flexibility index (Phi) is 3.70. The monoisotopic (exact) mass is 331 g/mol. The van der Waals surface area contributed by atoms with Crippen LogP contribution in [0.4, 0.5) is 0 Å². The summed E-state index contributed by atoms with van der Waals surface area (Å²) in [6.07, 6.45) is 2.89. The number of hydrogen-bond acceptors (Lipinski definition) is 5. The Labute approximate surface area is 137 Å². The van der Waals surface area contributed by atoms with Gasteiger partial charge in [0.05, 0.1) is 17.1 Å². The summed E-state index contributed by atoms with van der Waals surface area (Å²) in [6, 6.07) is 7.79. The lowest BCUT2D eigenvalue weighted by atomic mass is 10.1. The maximum absolute atomic E-state index is 5.82. The molecule has 0 unspecified atom stereocenters. The fourth-order valence-electron chi connectivity index (χ4n) is 2.69. The smallest absolute Gasteiger partial charge is 0.193 e. The molecule has 4 heterocycles. The summed E-state index contributed by atoms with van der Waals surface area (Å²) in [5.41, 5.74) is 2.36. The molecule has 4 rings (SSSR count). The molecule has 22 heavy (non-hydrogen) atoms. The van der Waals surface area contributed by atoms with Crippen molar-refractivity contribution in [2.45, 2.75) is 19.5 Å². The van der Waals surface area contributed by atoms with Crippen LogP contribution in [0.25, 0.3) is 10.7 Å². The number of thiophene rings is 1. The lowest BCUT2D eigenvalue weighted by molar-refractivity contribution is 0.223. The molecule has 0 N–H and O–H groups in total. The standard InChI is InChI=1S/C16H14ClN3OS/c17-15-4-3-12(21-15)10-20-6-5-13-11(9-20)8-18-16(19-13)14-2-1-7-22-14/h1-4,7-8H,5-6,9-10H2. The third-order valence-electron chi connectivity index (χ3n) is 3.76. The summed E-state index contributed by atoms with van der Waals surface area (Å²) in [7, 11) is 0. The summed E-state index contributed by atoms with van der Waals surface area (Å²) < 4.78 is 5.44. The van der Waals surface area contributed by atoms with Crippen LogP contribution in [-0.2, 0) is 19.5 Å². The predicted molar refractivity (Wildman–Crippen MR) is 86.9 cm³/mol. The molecular weight excluding hydrogens is 318 g/mol. The molecule has 0 amide bonds. The van der Waals surface area contributed by atoms with Gasteiger partial charge in [0.2, 0.25) is 0 Å². The number of nitrogens with zero attached hydrogens (tertiary/aromatic N) is 3. The first-order chi connectivity index (χ1) is 10.8. The third kappa shape index (κ3) is 2.79. The third-order valence-corrected chi connectivity index (χ3v) is 4.83. The molecule has 0 atom stereocenters. The molecule has 3 aromatic rings. The minimum Gasteiger partial charge on any atom is -0.448 e. The number of halogens is 1. The van der Waals surface area contributed by atoms with Gasteiger partial charge in [-0.1, -0.05) is 6.07 Å². The van der Waals surface area contributed by atoms with Gasteiger partial charge in [-0.05, 0) is 35.2 Å². The zero-order chi connectivity index (χ0) is 14.9. The average molecular weight is 332 g/mol. The van der Waals surface area contributed by atoms with Crippen molar-refractivity contribution in [2.75, 3.05) is 6.54 Å². The Bertz CT molecular complexity index is 785. The van der Waals surface area contributed by atoms with E-state index in [0.29, 0.717) is 5.22 Å². The second kappa shape index (κ2) is 5.83. The van der Waals surface area contributed by atoms with E-state index in [1.165, 1.54) is 5.56 Å². The number of fused-ring (bicyclic) bond motifs is 1. The lowest BCUT2D eigenvalue weighted by Gasteiger charge is -2.27. The zero-order valence-corrected chi connectivity index (χ0v) is 13.4. The van der Waals surface area contributed by atoms with Crippen molar-refractivity contribution in [3.8, 4) is 10.7 Å². The molecule has 0 spiro atoms. The van der Waals surface area contributed by atoms with Crippen LogP contribution in [0.3, 0.4) is 0 Å². The minimum atomic E-state index is 0.441. The Hall–Kier alpha value is -1.69. The quantitative estimate of drug-likeness (QED) is 0.727. The first-order valence-electron chi connectivity index (χ1n) is 7.13. The van der Waals surface area contributed by atoms with E-state index < -0.39 is 0 Å². The van der Waals surface area contributed by atoms with E-state index in [0.717, 1.165) is 48.2 Å². The molecule has 3 aromatic heterocycles. The molecule has 6 heteroatoms. The number of furan rings is 1. The summed E-state index contributed by atoms with van der Waals surface area (Å²) in [5.74, 6) is 1.73. The first kappa shape index (κ1) is 13.9. The maximum Gasteiger partial charge on any atom is 0.193 e. The first-order valence-corrected chi connectivity index (χ1v) is 8.39. The van der Waals surface area contributed by atoms with Gasteiger partial charge in [0, 0.05) is 31.3 Å². The second-order valence-corrected chi connectivity index (χ2v) is 6.63. The van der Waals surface area contributed by atoms with E-state index in [1.54, 1.807) is 17.4 Å². The predicted octanol–water partition coefficient (Wildman–Crippen LogP) is 4.01. The van der Waals surface area contributed by atoms with Crippen molar-refractivity contribution in [1.29, 1.82) is 0 Å². The van der Waals surface area contributed by atoms with Crippen molar-refractivity contribution in [2.24, 2.45) is 0 Å². The van der Waals surface area contributed by atoms with Crippen LogP contribution in [0.1, 0.15) is 17.0 Å². The molecule has 0 fully saturated rings. The number of aromatic nitrogens is 2. The van der Waals surface area contributed by atoms with Gasteiger partial charge in [-0.3, -0.25) is 4.90 Å². The van der Waals surface area contributed by atoms with E-state index in [-0.39, 0.29) is 0 Å². The molecule has 0 aliphatic carbocycles. The highest BCUT2D eigenvalue weighted by atomic mass is 35.5. The summed E-state index contributed by atoms with van der Waals surface area (Å²) in [4.78, 5) is 12.7. The maximum atomic E-state index is 5.82. The van der Waals surface area contributed by atoms with E-state index in [1.807, 2.05) is 23.7 Å². The SMILES string of the molecule is Clc1ccc(CN2CCc3nc(-c4cccs4)ncc3C2)o1. The normalized spacial score (nSPS) is 15.0. The van der Waals surface area contributed by atoms with Crippen molar-refractivity contribution >= 4 is 22.9 Å². The highest BCUT2D eigenvalue weighted by Gasteiger charge is 2.20. The highest BCUT2D eigenvalue weighted by molar-refractivity contribution is 7.13. The minimum absolute atomic E-state index is 0.441. The van der Waals surface area contributed by atoms with Crippen molar-refractivity contribution in [3.05, 3.63) is 58.1 Å². The van der Waals surface area contributed by atoms with E-state index >= 15 is 0 Å².